The number of phenols is 1. The zero-order valence-electron chi connectivity index (χ0n) is 12.7. The highest BCUT2D eigenvalue weighted by Crippen LogP contribution is 2.37. The molecule has 0 unspecified atom stereocenters. The van der Waals surface area contributed by atoms with E-state index in [1.807, 2.05) is 0 Å². The Labute approximate surface area is 140 Å². The highest BCUT2D eigenvalue weighted by Gasteiger charge is 2.16. The number of aromatic hydroxyl groups is 1. The summed E-state index contributed by atoms with van der Waals surface area (Å²) < 4.78 is 0. The zero-order chi connectivity index (χ0) is 18.0. The molecule has 0 atom stereocenters. The minimum atomic E-state index is -1.30. The van der Waals surface area contributed by atoms with E-state index in [-0.39, 0.29) is 28.4 Å². The summed E-state index contributed by atoms with van der Waals surface area (Å²) in [6.07, 6.45) is 0. The summed E-state index contributed by atoms with van der Waals surface area (Å²) in [4.78, 5) is 21.6. The fraction of sp³-hybridized carbons (Fsp3) is 0. The second-order valence-electron chi connectivity index (χ2n) is 5.12. The first-order valence-electron chi connectivity index (χ1n) is 7.11. The fourth-order valence-corrected chi connectivity index (χ4v) is 2.37. The normalized spacial score (nSPS) is 11.0. The number of fused-ring (bicyclic) bond motifs is 1. The standard InChI is InChI=1S/C17H11N3O5/c21-16-13-7-2-1-6-12(13)15(9-14(16)17(22)23)19-18-10-4-3-5-11(8-10)20(24)25/h1-9,21H,(H,22,23). The number of nitro benzene ring substituents is 1. The van der Waals surface area contributed by atoms with E-state index in [1.165, 1.54) is 30.3 Å². The maximum atomic E-state index is 11.3. The van der Waals surface area contributed by atoms with Crippen molar-refractivity contribution in [2.24, 2.45) is 10.2 Å². The molecular weight excluding hydrogens is 326 g/mol. The Morgan fingerprint density at radius 1 is 1.00 bits per heavy atom. The van der Waals surface area contributed by atoms with Crippen LogP contribution in [0.4, 0.5) is 17.1 Å². The summed E-state index contributed by atoms with van der Waals surface area (Å²) in [6.45, 7) is 0. The summed E-state index contributed by atoms with van der Waals surface area (Å²) >= 11 is 0. The molecule has 0 amide bonds. The molecule has 0 fully saturated rings. The van der Waals surface area contributed by atoms with E-state index in [1.54, 1.807) is 24.3 Å². The van der Waals surface area contributed by atoms with Gasteiger partial charge < -0.3 is 10.2 Å². The summed E-state index contributed by atoms with van der Waals surface area (Å²) in [5.74, 6) is -1.65. The smallest absolute Gasteiger partial charge is 0.339 e. The van der Waals surface area contributed by atoms with Gasteiger partial charge in [0.2, 0.25) is 0 Å². The van der Waals surface area contributed by atoms with Gasteiger partial charge in [-0.15, -0.1) is 5.11 Å². The van der Waals surface area contributed by atoms with Gasteiger partial charge in [-0.25, -0.2) is 4.79 Å². The lowest BCUT2D eigenvalue weighted by Gasteiger charge is -2.07. The van der Waals surface area contributed by atoms with E-state index in [4.69, 9.17) is 0 Å². The predicted molar refractivity (Wildman–Crippen MR) is 89.8 cm³/mol. The lowest BCUT2D eigenvalue weighted by atomic mass is 10.0. The number of nitro groups is 1. The topological polar surface area (TPSA) is 125 Å². The summed E-state index contributed by atoms with van der Waals surface area (Å²) in [5, 5.41) is 38.9. The van der Waals surface area contributed by atoms with Crippen LogP contribution in [-0.4, -0.2) is 21.1 Å². The van der Waals surface area contributed by atoms with Crippen LogP contribution in [0.25, 0.3) is 10.8 Å². The fourth-order valence-electron chi connectivity index (χ4n) is 2.37. The van der Waals surface area contributed by atoms with Crippen molar-refractivity contribution in [1.29, 1.82) is 0 Å². The van der Waals surface area contributed by atoms with Gasteiger partial charge in [-0.05, 0) is 12.1 Å². The molecule has 25 heavy (non-hydrogen) atoms. The molecule has 3 aromatic carbocycles. The number of nitrogens with zero attached hydrogens (tertiary/aromatic N) is 3. The monoisotopic (exact) mass is 337 g/mol. The maximum Gasteiger partial charge on any atom is 0.339 e. The highest BCUT2D eigenvalue weighted by molar-refractivity contribution is 6.05. The van der Waals surface area contributed by atoms with Crippen molar-refractivity contribution in [1.82, 2.24) is 0 Å². The minimum absolute atomic E-state index is 0.127. The number of non-ortho nitro benzene ring substituents is 1. The zero-order valence-corrected chi connectivity index (χ0v) is 12.7. The van der Waals surface area contributed by atoms with E-state index < -0.39 is 10.9 Å². The molecule has 0 spiro atoms. The molecule has 0 aromatic heterocycles. The Balaban J connectivity index is 2.12. The SMILES string of the molecule is O=C(O)c1cc(N=Nc2cccc([N+](=O)[O-])c2)c2ccccc2c1O. The van der Waals surface area contributed by atoms with Gasteiger partial charge in [-0.2, -0.15) is 5.11 Å². The van der Waals surface area contributed by atoms with E-state index in [2.05, 4.69) is 10.2 Å². The molecule has 0 heterocycles. The van der Waals surface area contributed by atoms with Gasteiger partial charge in [0.05, 0.1) is 16.3 Å². The van der Waals surface area contributed by atoms with Crippen molar-refractivity contribution in [3.63, 3.8) is 0 Å². The first-order chi connectivity index (χ1) is 12.0. The number of hydrogen-bond acceptors (Lipinski definition) is 6. The number of rotatable bonds is 4. The molecule has 0 aliphatic carbocycles. The molecule has 0 aliphatic rings. The number of carbonyl (C=O) groups is 1. The van der Waals surface area contributed by atoms with Crippen LogP contribution in [0.15, 0.2) is 64.8 Å². The van der Waals surface area contributed by atoms with Crippen molar-refractivity contribution in [3.8, 4) is 5.75 Å². The van der Waals surface area contributed by atoms with Crippen molar-refractivity contribution < 1.29 is 19.9 Å². The van der Waals surface area contributed by atoms with Crippen LogP contribution in [0.5, 0.6) is 5.75 Å². The van der Waals surface area contributed by atoms with Crippen LogP contribution < -0.4 is 0 Å². The van der Waals surface area contributed by atoms with Crippen molar-refractivity contribution in [2.75, 3.05) is 0 Å². The van der Waals surface area contributed by atoms with E-state index in [0.717, 1.165) is 0 Å². The molecule has 8 nitrogen and oxygen atoms in total. The molecule has 0 saturated carbocycles. The molecule has 3 aromatic rings. The molecule has 124 valence electrons. The molecule has 0 saturated heterocycles. The number of benzene rings is 3. The first kappa shape index (κ1) is 16.1. The van der Waals surface area contributed by atoms with Gasteiger partial charge >= 0.3 is 5.97 Å². The van der Waals surface area contributed by atoms with Gasteiger partial charge in [-0.3, -0.25) is 10.1 Å². The minimum Gasteiger partial charge on any atom is -0.506 e. The molecule has 8 heteroatoms. The highest BCUT2D eigenvalue weighted by atomic mass is 16.6. The molecular formula is C17H11N3O5. The van der Waals surface area contributed by atoms with Crippen LogP contribution in [0, 0.1) is 10.1 Å². The van der Waals surface area contributed by atoms with Crippen LogP contribution in [0.3, 0.4) is 0 Å². The summed E-state index contributed by atoms with van der Waals surface area (Å²) in [7, 11) is 0. The average Bonchev–Trinajstić information content (AvgIpc) is 2.61. The Kier molecular flexibility index (Phi) is 4.09. The number of carboxylic acid groups (broad SMARTS) is 1. The molecule has 3 rings (SSSR count). The third-order valence-corrected chi connectivity index (χ3v) is 3.54. The van der Waals surface area contributed by atoms with Gasteiger partial charge in [0, 0.05) is 22.9 Å². The van der Waals surface area contributed by atoms with E-state index in [0.29, 0.717) is 10.8 Å². The number of aromatic carboxylic acids is 1. The average molecular weight is 337 g/mol. The van der Waals surface area contributed by atoms with Crippen molar-refractivity contribution >= 4 is 33.8 Å². The summed E-state index contributed by atoms with van der Waals surface area (Å²) in [5.41, 5.74) is 0.0606. The Bertz CT molecular complexity index is 1030. The predicted octanol–water partition coefficient (Wildman–Crippen LogP) is 4.57. The second kappa shape index (κ2) is 6.36. The van der Waals surface area contributed by atoms with Crippen LogP contribution in [-0.2, 0) is 0 Å². The quantitative estimate of drug-likeness (QED) is 0.410. The van der Waals surface area contributed by atoms with Gasteiger partial charge in [0.1, 0.15) is 11.3 Å². The Morgan fingerprint density at radius 2 is 1.72 bits per heavy atom. The van der Waals surface area contributed by atoms with E-state index in [9.17, 15) is 25.1 Å². The van der Waals surface area contributed by atoms with Gasteiger partial charge in [0.15, 0.2) is 0 Å². The number of hydrogen-bond donors (Lipinski definition) is 2. The lowest BCUT2D eigenvalue weighted by Crippen LogP contribution is -1.97. The van der Waals surface area contributed by atoms with Gasteiger partial charge in [0.25, 0.3) is 5.69 Å². The molecule has 0 aliphatic heterocycles. The molecule has 0 bridgehead atoms. The number of carboxylic acids is 1. The second-order valence-corrected chi connectivity index (χ2v) is 5.12. The van der Waals surface area contributed by atoms with Crippen LogP contribution in [0.2, 0.25) is 0 Å². The third kappa shape index (κ3) is 3.13. The maximum absolute atomic E-state index is 11.3. The largest absolute Gasteiger partial charge is 0.506 e. The molecule has 0 radical (unpaired) electrons. The Hall–Kier alpha value is -3.81. The third-order valence-electron chi connectivity index (χ3n) is 3.54. The van der Waals surface area contributed by atoms with Gasteiger partial charge in [-0.1, -0.05) is 30.3 Å². The van der Waals surface area contributed by atoms with Crippen LogP contribution >= 0.6 is 0 Å². The Morgan fingerprint density at radius 3 is 2.40 bits per heavy atom. The van der Waals surface area contributed by atoms with Crippen LogP contribution in [0.1, 0.15) is 10.4 Å². The van der Waals surface area contributed by atoms with E-state index >= 15 is 0 Å². The number of azo groups is 1. The lowest BCUT2D eigenvalue weighted by molar-refractivity contribution is -0.384. The first-order valence-corrected chi connectivity index (χ1v) is 7.11. The summed E-state index contributed by atoms with van der Waals surface area (Å²) in [6, 6.07) is 13.4. The van der Waals surface area contributed by atoms with Crippen molar-refractivity contribution in [3.05, 3.63) is 70.3 Å². The van der Waals surface area contributed by atoms with Crippen molar-refractivity contribution in [2.45, 2.75) is 0 Å². The molecule has 2 N–H and O–H groups in total.